The second-order valence-corrected chi connectivity index (χ2v) is 3.32. The van der Waals surface area contributed by atoms with Gasteiger partial charge in [-0.2, -0.15) is 0 Å². The smallest absolute Gasteiger partial charge is 0.252 e. The van der Waals surface area contributed by atoms with Crippen LogP contribution in [0, 0.1) is 0 Å². The van der Waals surface area contributed by atoms with Gasteiger partial charge in [-0.05, 0) is 12.5 Å². The van der Waals surface area contributed by atoms with Crippen molar-refractivity contribution >= 4 is 5.91 Å². The maximum atomic E-state index is 11.5. The highest BCUT2D eigenvalue weighted by molar-refractivity contribution is 5.93. The highest BCUT2D eigenvalue weighted by Gasteiger charge is 2.06. The van der Waals surface area contributed by atoms with Gasteiger partial charge in [0.2, 0.25) is 5.56 Å². The first-order valence-electron chi connectivity index (χ1n) is 4.86. The van der Waals surface area contributed by atoms with E-state index in [0.717, 1.165) is 6.42 Å². The third-order valence-corrected chi connectivity index (χ3v) is 2.10. The van der Waals surface area contributed by atoms with Crippen molar-refractivity contribution in [1.29, 1.82) is 0 Å². The molecule has 0 saturated heterocycles. The number of hydrogen-bond acceptors (Lipinski definition) is 3. The third-order valence-electron chi connectivity index (χ3n) is 2.10. The van der Waals surface area contributed by atoms with Crippen molar-refractivity contribution in [2.45, 2.75) is 19.4 Å². The summed E-state index contributed by atoms with van der Waals surface area (Å²) in [5.41, 5.74) is 5.85. The molecule has 1 atom stereocenters. The van der Waals surface area contributed by atoms with Crippen LogP contribution in [0.5, 0.6) is 0 Å². The molecule has 5 nitrogen and oxygen atoms in total. The van der Waals surface area contributed by atoms with Crippen molar-refractivity contribution in [3.63, 3.8) is 0 Å². The summed E-state index contributed by atoms with van der Waals surface area (Å²) in [7, 11) is 0. The van der Waals surface area contributed by atoms with Crippen LogP contribution in [0.3, 0.4) is 0 Å². The van der Waals surface area contributed by atoms with E-state index in [4.69, 9.17) is 5.73 Å². The van der Waals surface area contributed by atoms with Crippen LogP contribution < -0.4 is 16.6 Å². The first-order valence-corrected chi connectivity index (χ1v) is 4.86. The molecule has 0 aliphatic heterocycles. The number of amides is 1. The summed E-state index contributed by atoms with van der Waals surface area (Å²) >= 11 is 0. The molecule has 1 aromatic rings. The van der Waals surface area contributed by atoms with E-state index in [1.54, 1.807) is 0 Å². The number of nitrogens with one attached hydrogen (secondary N) is 2. The zero-order valence-electron chi connectivity index (χ0n) is 8.62. The van der Waals surface area contributed by atoms with Crippen molar-refractivity contribution in [2.75, 3.05) is 6.54 Å². The van der Waals surface area contributed by atoms with Crippen LogP contribution in [0.15, 0.2) is 23.1 Å². The summed E-state index contributed by atoms with van der Waals surface area (Å²) in [5.74, 6) is -0.227. The molecule has 0 aromatic carbocycles. The molecular weight excluding hydrogens is 194 g/mol. The van der Waals surface area contributed by atoms with Gasteiger partial charge in [0.1, 0.15) is 0 Å². The van der Waals surface area contributed by atoms with Gasteiger partial charge in [-0.1, -0.05) is 6.92 Å². The monoisotopic (exact) mass is 209 g/mol. The lowest BCUT2D eigenvalue weighted by Gasteiger charge is -2.09. The number of hydrogen-bond donors (Lipinski definition) is 3. The second kappa shape index (κ2) is 5.31. The lowest BCUT2D eigenvalue weighted by atomic mass is 10.2. The maximum Gasteiger partial charge on any atom is 0.252 e. The highest BCUT2D eigenvalue weighted by Crippen LogP contribution is 1.93. The number of pyridine rings is 1. The zero-order valence-corrected chi connectivity index (χ0v) is 8.62. The van der Waals surface area contributed by atoms with E-state index in [1.807, 2.05) is 6.92 Å². The molecule has 82 valence electrons. The Balaban J connectivity index is 2.54. The third kappa shape index (κ3) is 3.55. The number of carbonyl (C=O) groups excluding carboxylic acids is 1. The molecule has 15 heavy (non-hydrogen) atoms. The summed E-state index contributed by atoms with van der Waals surface area (Å²) in [6.07, 6.45) is 2.20. The molecule has 0 fully saturated rings. The molecule has 1 rings (SSSR count). The second-order valence-electron chi connectivity index (χ2n) is 3.32. The van der Waals surface area contributed by atoms with Crippen LogP contribution in [0.1, 0.15) is 23.7 Å². The number of H-pyrrole nitrogens is 1. The van der Waals surface area contributed by atoms with Gasteiger partial charge < -0.3 is 16.0 Å². The minimum atomic E-state index is -0.227. The van der Waals surface area contributed by atoms with Gasteiger partial charge in [-0.25, -0.2) is 0 Å². The van der Waals surface area contributed by atoms with E-state index in [9.17, 15) is 9.59 Å². The Kier molecular flexibility index (Phi) is 4.05. The molecule has 0 bridgehead atoms. The zero-order chi connectivity index (χ0) is 11.3. The Morgan fingerprint density at radius 1 is 1.60 bits per heavy atom. The highest BCUT2D eigenvalue weighted by atomic mass is 16.1. The normalized spacial score (nSPS) is 12.1. The largest absolute Gasteiger partial charge is 0.350 e. The molecule has 4 N–H and O–H groups in total. The van der Waals surface area contributed by atoms with Crippen LogP contribution in [0.4, 0.5) is 0 Å². The van der Waals surface area contributed by atoms with Crippen molar-refractivity contribution < 1.29 is 4.79 Å². The van der Waals surface area contributed by atoms with E-state index < -0.39 is 0 Å². The predicted molar refractivity (Wildman–Crippen MR) is 57.7 cm³/mol. The van der Waals surface area contributed by atoms with E-state index in [2.05, 4.69) is 10.3 Å². The quantitative estimate of drug-likeness (QED) is 0.644. The van der Waals surface area contributed by atoms with Gasteiger partial charge in [0.25, 0.3) is 5.91 Å². The molecule has 1 unspecified atom stereocenters. The summed E-state index contributed by atoms with van der Waals surface area (Å²) in [5, 5.41) is 2.68. The molecule has 0 aliphatic rings. The molecule has 0 saturated carbocycles. The summed E-state index contributed by atoms with van der Waals surface area (Å²) in [6, 6.07) is 2.76. The van der Waals surface area contributed by atoms with E-state index in [0.29, 0.717) is 12.1 Å². The number of carbonyl (C=O) groups is 1. The van der Waals surface area contributed by atoms with Crippen LogP contribution in [0.2, 0.25) is 0 Å². The molecule has 1 aromatic heterocycles. The minimum absolute atomic E-state index is 0.0308. The number of aromatic nitrogens is 1. The summed E-state index contributed by atoms with van der Waals surface area (Å²) < 4.78 is 0. The molecule has 0 radical (unpaired) electrons. The summed E-state index contributed by atoms with van der Waals surface area (Å²) in [6.45, 7) is 2.39. The van der Waals surface area contributed by atoms with Crippen molar-refractivity contribution in [3.8, 4) is 0 Å². The predicted octanol–water partition coefficient (Wildman–Crippen LogP) is -0.158. The first kappa shape index (κ1) is 11.5. The topological polar surface area (TPSA) is 88.0 Å². The number of rotatable bonds is 4. The fourth-order valence-electron chi connectivity index (χ4n) is 1.02. The molecule has 1 heterocycles. The lowest BCUT2D eigenvalue weighted by Crippen LogP contribution is -2.36. The van der Waals surface area contributed by atoms with Gasteiger partial charge in [0.15, 0.2) is 0 Å². The fraction of sp³-hybridized carbons (Fsp3) is 0.400. The fourth-order valence-corrected chi connectivity index (χ4v) is 1.02. The van der Waals surface area contributed by atoms with E-state index in [-0.39, 0.29) is 17.5 Å². The first-order chi connectivity index (χ1) is 7.13. The van der Waals surface area contributed by atoms with Gasteiger partial charge in [-0.15, -0.1) is 0 Å². The van der Waals surface area contributed by atoms with Crippen LogP contribution in [-0.4, -0.2) is 23.5 Å². The standard InChI is InChI=1S/C10H15N3O2/c1-2-8(11)6-13-10(15)7-3-4-9(14)12-5-7/h3-5,8H,2,6,11H2,1H3,(H,12,14)(H,13,15). The number of aromatic amines is 1. The Labute approximate surface area is 87.7 Å². The van der Waals surface area contributed by atoms with Gasteiger partial charge in [0.05, 0.1) is 5.56 Å². The van der Waals surface area contributed by atoms with Gasteiger partial charge in [0, 0.05) is 24.8 Å². The molecule has 1 amide bonds. The average molecular weight is 209 g/mol. The van der Waals surface area contributed by atoms with E-state index >= 15 is 0 Å². The number of nitrogens with two attached hydrogens (primary N) is 1. The SMILES string of the molecule is CCC(N)CNC(=O)c1ccc(=O)[nH]c1. The molecule has 5 heteroatoms. The van der Waals surface area contributed by atoms with Crippen LogP contribution in [-0.2, 0) is 0 Å². The Morgan fingerprint density at radius 2 is 2.33 bits per heavy atom. The Morgan fingerprint density at radius 3 is 2.87 bits per heavy atom. The summed E-state index contributed by atoms with van der Waals surface area (Å²) in [4.78, 5) is 24.7. The van der Waals surface area contributed by atoms with Gasteiger partial charge in [-0.3, -0.25) is 9.59 Å². The molecular formula is C10H15N3O2. The molecule has 0 spiro atoms. The van der Waals surface area contributed by atoms with Gasteiger partial charge >= 0.3 is 0 Å². The van der Waals surface area contributed by atoms with Crippen molar-refractivity contribution in [2.24, 2.45) is 5.73 Å². The molecule has 0 aliphatic carbocycles. The van der Waals surface area contributed by atoms with E-state index in [1.165, 1.54) is 18.3 Å². The van der Waals surface area contributed by atoms with Crippen molar-refractivity contribution in [1.82, 2.24) is 10.3 Å². The lowest BCUT2D eigenvalue weighted by molar-refractivity contribution is 0.0950. The maximum absolute atomic E-state index is 11.5. The Hall–Kier alpha value is -1.62. The van der Waals surface area contributed by atoms with Crippen molar-refractivity contribution in [3.05, 3.63) is 34.2 Å². The Bertz CT molecular complexity index is 366. The average Bonchev–Trinajstić information content (AvgIpc) is 2.26. The van der Waals surface area contributed by atoms with Crippen LogP contribution in [0.25, 0.3) is 0 Å². The van der Waals surface area contributed by atoms with Crippen LogP contribution >= 0.6 is 0 Å². The minimum Gasteiger partial charge on any atom is -0.350 e.